The number of alkyl halides is 3. The van der Waals surface area contributed by atoms with Crippen molar-refractivity contribution < 1.29 is 32.3 Å². The summed E-state index contributed by atoms with van der Waals surface area (Å²) in [5.74, 6) is -1.65. The Morgan fingerprint density at radius 3 is 2.63 bits per heavy atom. The van der Waals surface area contributed by atoms with Gasteiger partial charge >= 0.3 is 12.1 Å². The summed E-state index contributed by atoms with van der Waals surface area (Å²) in [5.41, 5.74) is 1.21. The highest BCUT2D eigenvalue weighted by molar-refractivity contribution is 5.77. The number of carbonyl (C=O) groups excluding carboxylic acids is 1. The van der Waals surface area contributed by atoms with Crippen LogP contribution < -0.4 is 5.32 Å². The fourth-order valence-corrected chi connectivity index (χ4v) is 2.99. The Labute approximate surface area is 171 Å². The molecule has 0 saturated carbocycles. The molecule has 1 aliphatic heterocycles. The number of amides is 1. The lowest BCUT2D eigenvalue weighted by atomic mass is 10.1. The van der Waals surface area contributed by atoms with Crippen LogP contribution in [0.15, 0.2) is 35.1 Å². The van der Waals surface area contributed by atoms with Crippen molar-refractivity contribution in [2.45, 2.75) is 45.6 Å². The number of halogens is 3. The van der Waals surface area contributed by atoms with Crippen LogP contribution in [0.4, 0.5) is 13.2 Å². The first-order valence-electron chi connectivity index (χ1n) is 9.43. The van der Waals surface area contributed by atoms with E-state index < -0.39 is 12.1 Å². The zero-order valence-corrected chi connectivity index (χ0v) is 16.7. The average molecular weight is 430 g/mol. The number of nitrogens with one attached hydrogen (secondary N) is 1. The van der Waals surface area contributed by atoms with Crippen molar-refractivity contribution in [1.82, 2.24) is 20.0 Å². The van der Waals surface area contributed by atoms with Crippen molar-refractivity contribution in [2.24, 2.45) is 5.92 Å². The van der Waals surface area contributed by atoms with Crippen molar-refractivity contribution in [3.63, 3.8) is 0 Å². The van der Waals surface area contributed by atoms with E-state index in [9.17, 15) is 18.0 Å². The molecule has 1 aliphatic rings. The predicted molar refractivity (Wildman–Crippen MR) is 100 cm³/mol. The maximum absolute atomic E-state index is 11.7. The van der Waals surface area contributed by atoms with Gasteiger partial charge in [-0.2, -0.15) is 18.3 Å². The van der Waals surface area contributed by atoms with Gasteiger partial charge < -0.3 is 14.8 Å². The topological polar surface area (TPSA) is 101 Å². The van der Waals surface area contributed by atoms with E-state index in [1.54, 1.807) is 6.26 Å². The molecule has 166 valence electrons. The summed E-state index contributed by atoms with van der Waals surface area (Å²) in [6.07, 6.45) is -0.643. The van der Waals surface area contributed by atoms with Gasteiger partial charge in [0.1, 0.15) is 5.76 Å². The van der Waals surface area contributed by atoms with Crippen LogP contribution in [-0.2, 0) is 22.7 Å². The number of carboxylic acids is 1. The zero-order chi connectivity index (χ0) is 22.3. The molecule has 0 saturated heterocycles. The molecule has 1 unspecified atom stereocenters. The Hall–Kier alpha value is -2.82. The predicted octanol–water partition coefficient (Wildman–Crippen LogP) is 2.83. The Morgan fingerprint density at radius 2 is 2.07 bits per heavy atom. The molecule has 1 amide bonds. The standard InChI is InChI=1S/C17H24N4O2.C2HF3O2/c1-13(2)17(22)18-7-5-14-10-20(12-16-4-3-9-23-16)11-15-6-8-19-21(14)15;3-2(4,5)1(6)7/h3-4,6,8-9,13-14H,5,7,10-12H2,1-2H3,(H,18,22);(H,6,7). The summed E-state index contributed by atoms with van der Waals surface area (Å²) in [4.78, 5) is 23.0. The number of carboxylic acid groups (broad SMARTS) is 1. The van der Waals surface area contributed by atoms with Gasteiger partial charge in [-0.1, -0.05) is 13.8 Å². The second-order valence-corrected chi connectivity index (χ2v) is 7.21. The molecule has 2 N–H and O–H groups in total. The molecule has 11 heteroatoms. The molecular weight excluding hydrogens is 405 g/mol. The van der Waals surface area contributed by atoms with E-state index in [4.69, 9.17) is 14.3 Å². The number of hydrogen-bond donors (Lipinski definition) is 2. The Bertz CT molecular complexity index is 818. The number of aliphatic carboxylic acids is 1. The smallest absolute Gasteiger partial charge is 0.475 e. The highest BCUT2D eigenvalue weighted by Crippen LogP contribution is 2.24. The van der Waals surface area contributed by atoms with E-state index in [-0.39, 0.29) is 17.9 Å². The van der Waals surface area contributed by atoms with Gasteiger partial charge in [0.2, 0.25) is 5.91 Å². The molecule has 1 atom stereocenters. The van der Waals surface area contributed by atoms with Gasteiger partial charge in [-0.05, 0) is 24.6 Å². The molecule has 3 rings (SSSR count). The fourth-order valence-electron chi connectivity index (χ4n) is 2.99. The summed E-state index contributed by atoms with van der Waals surface area (Å²) < 4.78 is 39.3. The monoisotopic (exact) mass is 430 g/mol. The number of fused-ring (bicyclic) bond motifs is 1. The molecule has 2 aromatic rings. The molecule has 0 aromatic carbocycles. The highest BCUT2D eigenvalue weighted by Gasteiger charge is 2.38. The van der Waals surface area contributed by atoms with E-state index in [0.717, 1.165) is 31.8 Å². The molecule has 30 heavy (non-hydrogen) atoms. The van der Waals surface area contributed by atoms with Crippen LogP contribution >= 0.6 is 0 Å². The number of furan rings is 1. The van der Waals surface area contributed by atoms with Gasteiger partial charge in [0.15, 0.2) is 0 Å². The minimum Gasteiger partial charge on any atom is -0.475 e. The summed E-state index contributed by atoms with van der Waals surface area (Å²) in [6, 6.07) is 6.26. The van der Waals surface area contributed by atoms with Crippen molar-refractivity contribution in [1.29, 1.82) is 0 Å². The average Bonchev–Trinajstić information content (AvgIpc) is 3.33. The second kappa shape index (κ2) is 10.3. The van der Waals surface area contributed by atoms with Crippen LogP contribution in [0.1, 0.15) is 37.8 Å². The van der Waals surface area contributed by atoms with Crippen molar-refractivity contribution in [3.8, 4) is 0 Å². The van der Waals surface area contributed by atoms with Crippen LogP contribution in [0.25, 0.3) is 0 Å². The molecular formula is C19H25F3N4O4. The van der Waals surface area contributed by atoms with Crippen molar-refractivity contribution in [2.75, 3.05) is 13.1 Å². The van der Waals surface area contributed by atoms with Gasteiger partial charge in [0, 0.05) is 31.7 Å². The quantitative estimate of drug-likeness (QED) is 0.731. The maximum atomic E-state index is 11.7. The third kappa shape index (κ3) is 6.90. The summed E-state index contributed by atoms with van der Waals surface area (Å²) in [6.45, 7) is 7.07. The maximum Gasteiger partial charge on any atom is 0.490 e. The van der Waals surface area contributed by atoms with Crippen molar-refractivity contribution >= 4 is 11.9 Å². The Kier molecular flexibility index (Phi) is 8.04. The van der Waals surface area contributed by atoms with Gasteiger partial charge in [0.25, 0.3) is 0 Å². The second-order valence-electron chi connectivity index (χ2n) is 7.21. The number of rotatable bonds is 6. The first kappa shape index (κ1) is 23.5. The molecule has 8 nitrogen and oxygen atoms in total. The third-order valence-corrected chi connectivity index (χ3v) is 4.46. The summed E-state index contributed by atoms with van der Waals surface area (Å²) in [5, 5.41) is 14.6. The number of aromatic nitrogens is 2. The van der Waals surface area contributed by atoms with Gasteiger partial charge in [-0.3, -0.25) is 14.4 Å². The Morgan fingerprint density at radius 1 is 1.37 bits per heavy atom. The summed E-state index contributed by atoms with van der Waals surface area (Å²) in [7, 11) is 0. The van der Waals surface area contributed by atoms with E-state index in [1.807, 2.05) is 32.2 Å². The van der Waals surface area contributed by atoms with Gasteiger partial charge in [-0.15, -0.1) is 0 Å². The lowest BCUT2D eigenvalue weighted by Crippen LogP contribution is -2.39. The number of hydrogen-bond acceptors (Lipinski definition) is 5. The lowest BCUT2D eigenvalue weighted by Gasteiger charge is -2.33. The molecule has 2 aromatic heterocycles. The van der Waals surface area contributed by atoms with Crippen LogP contribution in [0.2, 0.25) is 0 Å². The van der Waals surface area contributed by atoms with E-state index in [0.29, 0.717) is 6.54 Å². The third-order valence-electron chi connectivity index (χ3n) is 4.46. The minimum absolute atomic E-state index is 0.0251. The van der Waals surface area contributed by atoms with E-state index >= 15 is 0 Å². The molecule has 0 fully saturated rings. The van der Waals surface area contributed by atoms with Gasteiger partial charge in [0.05, 0.1) is 24.5 Å². The number of nitrogens with zero attached hydrogens (tertiary/aromatic N) is 3. The zero-order valence-electron chi connectivity index (χ0n) is 16.7. The summed E-state index contributed by atoms with van der Waals surface area (Å²) >= 11 is 0. The number of carbonyl (C=O) groups is 2. The SMILES string of the molecule is CC(C)C(=O)NCCC1CN(Cc2ccco2)Cc2ccnn21.O=C(O)C(F)(F)F. The lowest BCUT2D eigenvalue weighted by molar-refractivity contribution is -0.192. The van der Waals surface area contributed by atoms with Gasteiger partial charge in [-0.25, -0.2) is 4.79 Å². The molecule has 0 radical (unpaired) electrons. The van der Waals surface area contributed by atoms with Crippen LogP contribution in [0.3, 0.4) is 0 Å². The van der Waals surface area contributed by atoms with Crippen molar-refractivity contribution in [3.05, 3.63) is 42.1 Å². The fraction of sp³-hybridized carbons (Fsp3) is 0.526. The Balaban J connectivity index is 0.000000396. The molecule has 0 aliphatic carbocycles. The first-order chi connectivity index (χ1) is 14.1. The van der Waals surface area contributed by atoms with E-state index in [2.05, 4.69) is 26.1 Å². The first-order valence-corrected chi connectivity index (χ1v) is 9.43. The normalized spacial score (nSPS) is 16.5. The highest BCUT2D eigenvalue weighted by atomic mass is 19.4. The van der Waals surface area contributed by atoms with Crippen LogP contribution in [0.5, 0.6) is 0 Å². The molecule has 3 heterocycles. The van der Waals surface area contributed by atoms with Crippen LogP contribution in [-0.4, -0.2) is 50.9 Å². The molecule has 0 bridgehead atoms. The minimum atomic E-state index is -5.08. The largest absolute Gasteiger partial charge is 0.490 e. The van der Waals surface area contributed by atoms with E-state index in [1.165, 1.54) is 5.69 Å². The molecule has 0 spiro atoms. The van der Waals surface area contributed by atoms with Crippen LogP contribution in [0, 0.1) is 5.92 Å².